The van der Waals surface area contributed by atoms with Gasteiger partial charge in [-0.3, -0.25) is 9.69 Å². The maximum atomic E-state index is 13.2. The number of nitrogens with zero attached hydrogens (tertiary/aromatic N) is 1. The molecule has 4 atom stereocenters. The Morgan fingerprint density at radius 2 is 2.02 bits per heavy atom. The molecule has 0 aromatic rings. The first kappa shape index (κ1) is 31.9. The van der Waals surface area contributed by atoms with Crippen LogP contribution in [0.25, 0.3) is 0 Å². The normalized spacial score (nSPS) is 25.6. The summed E-state index contributed by atoms with van der Waals surface area (Å²) in [7, 11) is 1.52. The Labute approximate surface area is 236 Å². The Balaban J connectivity index is 1.71. The molecule has 4 unspecified atom stereocenters. The van der Waals surface area contributed by atoms with Crippen LogP contribution in [0.5, 0.6) is 0 Å². The molecule has 0 spiro atoms. The van der Waals surface area contributed by atoms with Crippen molar-refractivity contribution in [3.63, 3.8) is 0 Å². The van der Waals surface area contributed by atoms with Crippen molar-refractivity contribution >= 4 is 11.9 Å². The minimum absolute atomic E-state index is 0.0944. The molecule has 0 bridgehead atoms. The third-order valence-electron chi connectivity index (χ3n) is 7.69. The number of rotatable bonds is 12. The van der Waals surface area contributed by atoms with Crippen LogP contribution in [0, 0.1) is 5.92 Å². The molecular weight excluding hydrogens is 518 g/mol. The van der Waals surface area contributed by atoms with Crippen LogP contribution in [0.4, 0.5) is 0 Å². The number of likely N-dealkylation sites (tertiary alicyclic amines) is 1. The molecule has 1 fully saturated rings. The molecule has 0 saturated carbocycles. The maximum absolute atomic E-state index is 13.2. The summed E-state index contributed by atoms with van der Waals surface area (Å²) in [5, 5.41) is 30.5. The highest BCUT2D eigenvalue weighted by atomic mass is 16.7. The molecular formula is C30H45NO9. The molecule has 3 rings (SSSR count). The standard InChI is InChI=1S/C30H45NO9/c1-21-16-22(8-6-15-38-20-39-21)10-14-31-13-5-9-23-17-25(37-4)26(18-24(23)31)40-28(34)30(36,19-27(32)33)12-7-11-29(2,3)35/h6,8,16-17,23-24,26,35-36H,1,5,7,9-15,18-20H2,2-4H3,(H,32,33). The van der Waals surface area contributed by atoms with Gasteiger partial charge in [-0.05, 0) is 82.6 Å². The fourth-order valence-electron chi connectivity index (χ4n) is 5.64. The van der Waals surface area contributed by atoms with Crippen LogP contribution in [0.3, 0.4) is 0 Å². The van der Waals surface area contributed by atoms with Crippen LogP contribution in [0.1, 0.15) is 65.2 Å². The van der Waals surface area contributed by atoms with Gasteiger partial charge < -0.3 is 34.3 Å². The van der Waals surface area contributed by atoms with Crippen molar-refractivity contribution in [1.82, 2.24) is 4.90 Å². The van der Waals surface area contributed by atoms with Gasteiger partial charge >= 0.3 is 11.9 Å². The number of carboxylic acid groups (broad SMARTS) is 1. The lowest BCUT2D eigenvalue weighted by Gasteiger charge is -2.45. The third-order valence-corrected chi connectivity index (χ3v) is 7.69. The summed E-state index contributed by atoms with van der Waals surface area (Å²) >= 11 is 0. The highest BCUT2D eigenvalue weighted by molar-refractivity contribution is 5.85. The van der Waals surface area contributed by atoms with Crippen LogP contribution in [0.15, 0.2) is 48.0 Å². The molecule has 10 nitrogen and oxygen atoms in total. The van der Waals surface area contributed by atoms with Crippen LogP contribution in [-0.4, -0.2) is 89.1 Å². The van der Waals surface area contributed by atoms with Gasteiger partial charge in [0, 0.05) is 19.0 Å². The Kier molecular flexibility index (Phi) is 11.4. The number of carbonyl (C=O) groups excluding carboxylic acids is 1. The molecule has 3 N–H and O–H groups in total. The summed E-state index contributed by atoms with van der Waals surface area (Å²) < 4.78 is 22.2. The zero-order valence-corrected chi connectivity index (χ0v) is 24.0. The molecule has 40 heavy (non-hydrogen) atoms. The number of hydrogen-bond acceptors (Lipinski definition) is 9. The summed E-state index contributed by atoms with van der Waals surface area (Å²) in [6, 6.07) is 0.0944. The van der Waals surface area contributed by atoms with Crippen molar-refractivity contribution in [3.8, 4) is 0 Å². The number of piperidine rings is 1. The van der Waals surface area contributed by atoms with Crippen molar-refractivity contribution in [2.24, 2.45) is 5.92 Å². The SMILES string of the molecule is C=C1C=C(CCN2CCCC3C=C(OC)C(OC(=O)C(O)(CCCC(C)(C)O)CC(=O)O)CC32)C=CCOCO1. The van der Waals surface area contributed by atoms with E-state index >= 15 is 0 Å². The molecule has 2 heterocycles. The van der Waals surface area contributed by atoms with E-state index in [1.165, 1.54) is 7.11 Å². The van der Waals surface area contributed by atoms with Gasteiger partial charge in [0.1, 0.15) is 11.5 Å². The maximum Gasteiger partial charge on any atom is 0.339 e. The fourth-order valence-corrected chi connectivity index (χ4v) is 5.64. The van der Waals surface area contributed by atoms with Crippen molar-refractivity contribution in [1.29, 1.82) is 0 Å². The van der Waals surface area contributed by atoms with Gasteiger partial charge in [0.2, 0.25) is 0 Å². The summed E-state index contributed by atoms with van der Waals surface area (Å²) in [6.45, 7) is 9.47. The largest absolute Gasteiger partial charge is 0.497 e. The average Bonchev–Trinajstić information content (AvgIpc) is 2.97. The molecule has 3 aliphatic rings. The third kappa shape index (κ3) is 9.47. The smallest absolute Gasteiger partial charge is 0.339 e. The zero-order chi connectivity index (χ0) is 29.3. The lowest BCUT2D eigenvalue weighted by atomic mass is 9.80. The Bertz CT molecular complexity index is 996. The lowest BCUT2D eigenvalue weighted by Crippen LogP contribution is -2.51. The van der Waals surface area contributed by atoms with Gasteiger partial charge in [0.25, 0.3) is 0 Å². The summed E-state index contributed by atoms with van der Waals surface area (Å²) in [5.74, 6) is -1.01. The van der Waals surface area contributed by atoms with E-state index in [2.05, 4.69) is 11.5 Å². The molecule has 0 amide bonds. The Morgan fingerprint density at radius 3 is 2.73 bits per heavy atom. The first-order valence-corrected chi connectivity index (χ1v) is 14.0. The quantitative estimate of drug-likeness (QED) is 0.303. The highest BCUT2D eigenvalue weighted by Gasteiger charge is 2.44. The second-order valence-electron chi connectivity index (χ2n) is 11.6. The minimum atomic E-state index is -2.21. The van der Waals surface area contributed by atoms with Crippen LogP contribution in [0.2, 0.25) is 0 Å². The monoisotopic (exact) mass is 563 g/mol. The van der Waals surface area contributed by atoms with E-state index in [4.69, 9.17) is 18.9 Å². The number of esters is 1. The molecule has 1 aliphatic carbocycles. The number of methoxy groups -OCH3 is 1. The number of aliphatic hydroxyl groups is 2. The highest BCUT2D eigenvalue weighted by Crippen LogP contribution is 2.37. The Hall–Kier alpha value is -2.66. The molecule has 0 radical (unpaired) electrons. The number of ether oxygens (including phenoxy) is 4. The van der Waals surface area contributed by atoms with Gasteiger partial charge in [-0.25, -0.2) is 4.79 Å². The number of fused-ring (bicyclic) bond motifs is 1. The van der Waals surface area contributed by atoms with Crippen LogP contribution in [-0.2, 0) is 28.5 Å². The number of hydrogen-bond donors (Lipinski definition) is 3. The minimum Gasteiger partial charge on any atom is -0.497 e. The summed E-state index contributed by atoms with van der Waals surface area (Å²) in [4.78, 5) is 27.1. The van der Waals surface area contributed by atoms with Crippen LogP contribution >= 0.6 is 0 Å². The van der Waals surface area contributed by atoms with Gasteiger partial charge in [0.05, 0.1) is 25.7 Å². The molecule has 10 heteroatoms. The first-order chi connectivity index (χ1) is 18.9. The number of carbonyl (C=O) groups is 2. The van der Waals surface area contributed by atoms with Crippen molar-refractivity contribution < 1.29 is 43.9 Å². The molecule has 2 aliphatic heterocycles. The fraction of sp³-hybridized carbons (Fsp3) is 0.667. The lowest BCUT2D eigenvalue weighted by molar-refractivity contribution is -0.178. The van der Waals surface area contributed by atoms with Crippen molar-refractivity contribution in [2.75, 3.05) is 33.6 Å². The van der Waals surface area contributed by atoms with E-state index in [0.29, 0.717) is 31.0 Å². The van der Waals surface area contributed by atoms with Gasteiger partial charge in [-0.1, -0.05) is 18.7 Å². The number of carboxylic acids is 1. The zero-order valence-electron chi connectivity index (χ0n) is 24.0. The summed E-state index contributed by atoms with van der Waals surface area (Å²) in [6.07, 6.45) is 10.1. The average molecular weight is 564 g/mol. The van der Waals surface area contributed by atoms with Gasteiger partial charge in [0.15, 0.2) is 18.5 Å². The van der Waals surface area contributed by atoms with Gasteiger partial charge in [-0.15, -0.1) is 0 Å². The van der Waals surface area contributed by atoms with E-state index in [1.54, 1.807) is 13.8 Å². The predicted molar refractivity (Wildman–Crippen MR) is 148 cm³/mol. The molecule has 0 aromatic heterocycles. The van der Waals surface area contributed by atoms with Crippen LogP contribution < -0.4 is 0 Å². The van der Waals surface area contributed by atoms with Gasteiger partial charge in [-0.2, -0.15) is 0 Å². The van der Waals surface area contributed by atoms with E-state index in [1.807, 2.05) is 24.3 Å². The Morgan fingerprint density at radius 1 is 1.25 bits per heavy atom. The second-order valence-corrected chi connectivity index (χ2v) is 11.6. The molecule has 0 aromatic carbocycles. The van der Waals surface area contributed by atoms with Crippen molar-refractivity contribution in [2.45, 2.75) is 88.6 Å². The number of aliphatic carboxylic acids is 1. The first-order valence-electron chi connectivity index (χ1n) is 14.0. The molecule has 224 valence electrons. The van der Waals surface area contributed by atoms with E-state index in [0.717, 1.165) is 37.9 Å². The summed E-state index contributed by atoms with van der Waals surface area (Å²) in [5.41, 5.74) is -2.13. The van der Waals surface area contributed by atoms with E-state index in [-0.39, 0.29) is 31.6 Å². The topological polar surface area (TPSA) is 135 Å². The van der Waals surface area contributed by atoms with Crippen molar-refractivity contribution in [3.05, 3.63) is 48.0 Å². The van der Waals surface area contributed by atoms with E-state index < -0.39 is 35.7 Å². The second kappa shape index (κ2) is 14.3. The van der Waals surface area contributed by atoms with E-state index in [9.17, 15) is 24.9 Å². The predicted octanol–water partition coefficient (Wildman–Crippen LogP) is 3.45. The molecule has 1 saturated heterocycles. The number of allylic oxidation sites excluding steroid dienone is 2.